The molecule has 4 atom stereocenters. The lowest BCUT2D eigenvalue weighted by atomic mass is 9.77. The van der Waals surface area contributed by atoms with Crippen LogP contribution < -0.4 is 21.3 Å². The summed E-state index contributed by atoms with van der Waals surface area (Å²) in [5.74, 6) is 0.558. The van der Waals surface area contributed by atoms with E-state index in [-0.39, 0.29) is 13.1 Å². The van der Waals surface area contributed by atoms with Crippen molar-refractivity contribution in [1.82, 2.24) is 21.3 Å². The first-order valence-electron chi connectivity index (χ1n) is 14.7. The summed E-state index contributed by atoms with van der Waals surface area (Å²) in [6.07, 6.45) is 4.10. The molecule has 0 spiro atoms. The van der Waals surface area contributed by atoms with Crippen LogP contribution in [0.1, 0.15) is 41.5 Å². The van der Waals surface area contributed by atoms with Crippen LogP contribution in [-0.4, -0.2) is 89.1 Å². The molecule has 2 fully saturated rings. The largest absolute Gasteiger partial charge is 0.314 e. The van der Waals surface area contributed by atoms with Gasteiger partial charge in [0.25, 0.3) is 0 Å². The van der Waals surface area contributed by atoms with Gasteiger partial charge in [0, 0.05) is 62.4 Å². The van der Waals surface area contributed by atoms with E-state index in [2.05, 4.69) is 117 Å². The molecule has 4 nitrogen and oxygen atoms in total. The molecular weight excluding hydrogens is 522 g/mol. The molecule has 0 saturated carbocycles. The molecule has 2 saturated heterocycles. The Labute approximate surface area is 235 Å². The number of hydrogen-bond acceptors (Lipinski definition) is 4. The van der Waals surface area contributed by atoms with Gasteiger partial charge in [-0.3, -0.25) is 0 Å². The van der Waals surface area contributed by atoms with E-state index in [9.17, 15) is 0 Å². The second kappa shape index (κ2) is 11.5. The first-order chi connectivity index (χ1) is 16.8. The second-order valence-electron chi connectivity index (χ2n) is 15.8. The molecule has 1 aliphatic carbocycles. The molecule has 8 heteroatoms. The summed E-state index contributed by atoms with van der Waals surface area (Å²) >= 11 is 0. The Bertz CT molecular complexity index is 830. The molecule has 37 heavy (non-hydrogen) atoms. The van der Waals surface area contributed by atoms with Crippen LogP contribution >= 0.6 is 17.2 Å². The van der Waals surface area contributed by atoms with Crippen molar-refractivity contribution in [2.45, 2.75) is 108 Å². The van der Waals surface area contributed by atoms with Crippen LogP contribution in [0.4, 0.5) is 0 Å². The lowest BCUT2D eigenvalue weighted by Gasteiger charge is -2.52. The van der Waals surface area contributed by atoms with Gasteiger partial charge in [-0.2, -0.15) is 0 Å². The van der Waals surface area contributed by atoms with Crippen LogP contribution in [0, 0.1) is 5.92 Å². The normalized spacial score (nSPS) is 28.5. The topological polar surface area (TPSA) is 48.1 Å². The van der Waals surface area contributed by atoms with Gasteiger partial charge in [0.15, 0.2) is 0 Å². The smallest absolute Gasteiger partial charge is 0.0770 e. The van der Waals surface area contributed by atoms with Crippen LogP contribution in [0.5, 0.6) is 0 Å². The Morgan fingerprint density at radius 1 is 0.784 bits per heavy atom. The number of piperazine rings is 2. The van der Waals surface area contributed by atoms with E-state index in [1.54, 1.807) is 10.8 Å². The van der Waals surface area contributed by atoms with Crippen molar-refractivity contribution in [2.75, 3.05) is 45.4 Å². The molecule has 2 heterocycles. The Balaban J connectivity index is 2.25. The Hall–Kier alpha value is 0.614. The van der Waals surface area contributed by atoms with E-state index in [4.69, 9.17) is 0 Å². The lowest BCUT2D eigenvalue weighted by molar-refractivity contribution is 0.272. The fraction of sp³-hybridized carbons (Fsp3) is 0.862. The zero-order valence-electron chi connectivity index (χ0n) is 26.3. The summed E-state index contributed by atoms with van der Waals surface area (Å²) in [6, 6.07) is 0.800. The van der Waals surface area contributed by atoms with Gasteiger partial charge in [0.05, 0.1) is 16.1 Å². The molecule has 3 aliphatic rings. The van der Waals surface area contributed by atoms with Crippen molar-refractivity contribution < 1.29 is 0 Å². The molecule has 0 aromatic rings. The van der Waals surface area contributed by atoms with Gasteiger partial charge in [-0.1, -0.05) is 111 Å². The van der Waals surface area contributed by atoms with Gasteiger partial charge in [0.1, 0.15) is 0 Å². The molecule has 3 rings (SSSR count). The van der Waals surface area contributed by atoms with Crippen molar-refractivity contribution in [3.8, 4) is 0 Å². The minimum absolute atomic E-state index is 0.0332. The Morgan fingerprint density at radius 3 is 1.57 bits per heavy atom. The fourth-order valence-electron chi connectivity index (χ4n) is 7.20. The standard InChI is InChI=1S/C29H60N4P2Si2/c1-27(2,3)35(28(4,5)6)20-21-22(17-23(36(7,8)9)26(21)37(10,11)12)29(34,24-18-30-13-15-32-24)25-19-31-14-16-33-25/h17,21,24-25,30-33H,13-16,18-20,34H2,1-12H3. The number of allylic oxidation sites excluding steroid dienone is 3. The van der Waals surface area contributed by atoms with Gasteiger partial charge in [-0.15, -0.1) is 9.24 Å². The minimum atomic E-state index is -1.57. The average Bonchev–Trinajstić information content (AvgIpc) is 3.17. The minimum Gasteiger partial charge on any atom is -0.314 e. The Morgan fingerprint density at radius 2 is 1.24 bits per heavy atom. The second-order valence-corrected chi connectivity index (χ2v) is 30.7. The van der Waals surface area contributed by atoms with Gasteiger partial charge in [-0.05, 0) is 16.5 Å². The summed E-state index contributed by atoms with van der Waals surface area (Å²) in [5, 5.41) is 19.8. The third kappa shape index (κ3) is 7.10. The zero-order chi connectivity index (χ0) is 28.0. The summed E-state index contributed by atoms with van der Waals surface area (Å²) in [6.45, 7) is 36.9. The molecule has 4 unspecified atom stereocenters. The van der Waals surface area contributed by atoms with Gasteiger partial charge < -0.3 is 21.3 Å². The monoisotopic (exact) mass is 582 g/mol. The van der Waals surface area contributed by atoms with E-state index in [1.165, 1.54) is 6.16 Å². The first kappa shape index (κ1) is 32.1. The van der Waals surface area contributed by atoms with Gasteiger partial charge in [-0.25, -0.2) is 0 Å². The highest BCUT2D eigenvalue weighted by Gasteiger charge is 2.53. The SMILES string of the molecule is CC(C)(C)P(CC1C(C(P)(C2CNCCN2)C2CNCCN2)=CC([Si](C)(C)C)=C1[Si](C)(C)C)C(C)(C)C. The molecular formula is C29H60N4P2Si2. The van der Waals surface area contributed by atoms with Crippen molar-refractivity contribution >= 4 is 33.3 Å². The maximum Gasteiger partial charge on any atom is 0.0770 e. The van der Waals surface area contributed by atoms with Crippen molar-refractivity contribution in [3.05, 3.63) is 22.0 Å². The molecule has 0 aromatic carbocycles. The quantitative estimate of drug-likeness (QED) is 0.240. The van der Waals surface area contributed by atoms with Crippen LogP contribution in [-0.2, 0) is 0 Å². The fourth-order valence-corrected chi connectivity index (χ4v) is 18.0. The maximum absolute atomic E-state index is 3.99. The molecule has 0 bridgehead atoms. The summed E-state index contributed by atoms with van der Waals surface area (Å²) in [5.41, 5.74) is 1.72. The van der Waals surface area contributed by atoms with E-state index >= 15 is 0 Å². The van der Waals surface area contributed by atoms with E-state index in [1.807, 2.05) is 5.20 Å². The summed E-state index contributed by atoms with van der Waals surface area (Å²) in [4.78, 5) is 0. The zero-order valence-corrected chi connectivity index (χ0v) is 30.3. The van der Waals surface area contributed by atoms with Crippen molar-refractivity contribution in [3.63, 3.8) is 0 Å². The molecule has 0 aromatic heterocycles. The third-order valence-corrected chi connectivity index (χ3v) is 18.3. The number of hydrogen-bond donors (Lipinski definition) is 4. The molecule has 4 N–H and O–H groups in total. The van der Waals surface area contributed by atoms with Gasteiger partial charge >= 0.3 is 0 Å². The van der Waals surface area contributed by atoms with Crippen molar-refractivity contribution in [1.29, 1.82) is 0 Å². The van der Waals surface area contributed by atoms with Crippen LogP contribution in [0.2, 0.25) is 39.3 Å². The Kier molecular flexibility index (Phi) is 9.97. The van der Waals surface area contributed by atoms with E-state index in [0.29, 0.717) is 28.3 Å². The number of rotatable bonds is 7. The highest BCUT2D eigenvalue weighted by Crippen LogP contribution is 2.63. The van der Waals surface area contributed by atoms with Gasteiger partial charge in [0.2, 0.25) is 0 Å². The maximum atomic E-state index is 3.99. The predicted octanol–water partition coefficient (Wildman–Crippen LogP) is 5.41. The molecule has 214 valence electrons. The van der Waals surface area contributed by atoms with Crippen LogP contribution in [0.3, 0.4) is 0 Å². The van der Waals surface area contributed by atoms with E-state index < -0.39 is 16.1 Å². The average molecular weight is 583 g/mol. The number of nitrogens with one attached hydrogen (secondary N) is 4. The lowest BCUT2D eigenvalue weighted by Crippen LogP contribution is -2.69. The summed E-state index contributed by atoms with van der Waals surface area (Å²) < 4.78 is 0. The van der Waals surface area contributed by atoms with E-state index in [0.717, 1.165) is 39.3 Å². The highest BCUT2D eigenvalue weighted by molar-refractivity contribution is 7.60. The third-order valence-electron chi connectivity index (χ3n) is 8.65. The van der Waals surface area contributed by atoms with Crippen LogP contribution in [0.15, 0.2) is 22.0 Å². The molecule has 2 aliphatic heterocycles. The predicted molar refractivity (Wildman–Crippen MR) is 178 cm³/mol. The van der Waals surface area contributed by atoms with Crippen LogP contribution in [0.25, 0.3) is 0 Å². The summed E-state index contributed by atoms with van der Waals surface area (Å²) in [7, 11) is 0.175. The molecule has 0 radical (unpaired) electrons. The first-order valence-corrected chi connectivity index (χ1v) is 23.8. The molecule has 0 amide bonds. The van der Waals surface area contributed by atoms with Crippen molar-refractivity contribution in [2.24, 2.45) is 5.92 Å². The highest BCUT2D eigenvalue weighted by atomic mass is 31.1.